The van der Waals surface area contributed by atoms with E-state index in [9.17, 15) is 22.8 Å². The predicted octanol–water partition coefficient (Wildman–Crippen LogP) is 3.73. The minimum atomic E-state index is -4.45. The number of para-hydroxylation sites is 1. The van der Waals surface area contributed by atoms with E-state index in [1.807, 2.05) is 6.26 Å². The number of thioether (sulfide) groups is 1. The molecule has 0 fully saturated rings. The third kappa shape index (κ3) is 7.54. The van der Waals surface area contributed by atoms with Gasteiger partial charge in [-0.15, -0.1) is 0 Å². The molecule has 1 atom stereocenters. The predicted molar refractivity (Wildman–Crippen MR) is 119 cm³/mol. The summed E-state index contributed by atoms with van der Waals surface area (Å²) in [5, 5.41) is 5.31. The van der Waals surface area contributed by atoms with Crippen LogP contribution >= 0.6 is 11.8 Å². The summed E-state index contributed by atoms with van der Waals surface area (Å²) >= 11 is 1.53. The van der Waals surface area contributed by atoms with Gasteiger partial charge in [0.05, 0.1) is 24.8 Å². The molecule has 0 saturated carbocycles. The van der Waals surface area contributed by atoms with Crippen molar-refractivity contribution in [1.29, 1.82) is 0 Å². The summed E-state index contributed by atoms with van der Waals surface area (Å²) < 4.78 is 43.5. The third-order valence-corrected chi connectivity index (χ3v) is 5.00. The molecule has 2 aromatic rings. The fraction of sp³-hybridized carbons (Fsp3) is 0.304. The lowest BCUT2D eigenvalue weighted by Gasteiger charge is -2.18. The molecule has 2 N–H and O–H groups in total. The maximum absolute atomic E-state index is 12.8. The highest BCUT2D eigenvalue weighted by atomic mass is 32.2. The standard InChI is InChI=1S/C23H23F3N2O3S/c1-31-20-11-4-3-10-18(20)21(29)28-19(12-14-32-2)22(30)27-13-6-8-16-7-5-9-17(15-16)23(24,25)26/h3-5,7,9-11,15,19H,12-14H2,1-2H3,(H,27,30)(H,28,29). The molecule has 1 unspecified atom stereocenters. The van der Waals surface area contributed by atoms with Crippen molar-refractivity contribution >= 4 is 23.6 Å². The molecule has 0 aliphatic heterocycles. The second kappa shape index (κ2) is 12.1. The first-order valence-electron chi connectivity index (χ1n) is 9.63. The molecule has 0 saturated heterocycles. The van der Waals surface area contributed by atoms with Crippen molar-refractivity contribution in [2.45, 2.75) is 18.6 Å². The van der Waals surface area contributed by atoms with Gasteiger partial charge in [-0.3, -0.25) is 9.59 Å². The molecular formula is C23H23F3N2O3S. The molecule has 9 heteroatoms. The number of alkyl halides is 3. The molecule has 0 heterocycles. The van der Waals surface area contributed by atoms with E-state index in [4.69, 9.17) is 4.74 Å². The molecule has 32 heavy (non-hydrogen) atoms. The Morgan fingerprint density at radius 1 is 1.16 bits per heavy atom. The first-order valence-corrected chi connectivity index (χ1v) is 11.0. The Morgan fingerprint density at radius 2 is 1.91 bits per heavy atom. The molecule has 0 aliphatic carbocycles. The van der Waals surface area contributed by atoms with E-state index in [1.54, 1.807) is 24.3 Å². The van der Waals surface area contributed by atoms with Crippen LogP contribution in [-0.2, 0) is 11.0 Å². The summed E-state index contributed by atoms with van der Waals surface area (Å²) in [7, 11) is 1.45. The van der Waals surface area contributed by atoms with Crippen molar-refractivity contribution in [2.24, 2.45) is 0 Å². The number of halogens is 3. The minimum Gasteiger partial charge on any atom is -0.496 e. The van der Waals surface area contributed by atoms with Gasteiger partial charge in [-0.1, -0.05) is 30.0 Å². The Bertz CT molecular complexity index is 1000. The summed E-state index contributed by atoms with van der Waals surface area (Å²) in [6.07, 6.45) is -2.16. The summed E-state index contributed by atoms with van der Waals surface area (Å²) in [6.45, 7) is -0.0740. The highest BCUT2D eigenvalue weighted by Crippen LogP contribution is 2.29. The van der Waals surface area contributed by atoms with Crippen LogP contribution in [0.15, 0.2) is 48.5 Å². The summed E-state index contributed by atoms with van der Waals surface area (Å²) in [5.74, 6) is 5.40. The van der Waals surface area contributed by atoms with Crippen molar-refractivity contribution in [3.63, 3.8) is 0 Å². The van der Waals surface area contributed by atoms with Gasteiger partial charge in [-0.05, 0) is 48.8 Å². The van der Waals surface area contributed by atoms with Gasteiger partial charge >= 0.3 is 6.18 Å². The number of benzene rings is 2. The van der Waals surface area contributed by atoms with E-state index >= 15 is 0 Å². The second-order valence-electron chi connectivity index (χ2n) is 6.61. The summed E-state index contributed by atoms with van der Waals surface area (Å²) in [4.78, 5) is 25.2. The molecule has 0 spiro atoms. The number of carbonyl (C=O) groups is 2. The Morgan fingerprint density at radius 3 is 2.59 bits per heavy atom. The zero-order chi connectivity index (χ0) is 23.6. The van der Waals surface area contributed by atoms with E-state index in [-0.39, 0.29) is 12.1 Å². The number of amides is 2. The molecule has 0 aliphatic rings. The number of rotatable bonds is 8. The number of nitrogens with one attached hydrogen (secondary N) is 2. The van der Waals surface area contributed by atoms with E-state index in [0.717, 1.165) is 12.1 Å². The average Bonchev–Trinajstić information content (AvgIpc) is 2.78. The number of carbonyl (C=O) groups excluding carboxylic acids is 2. The third-order valence-electron chi connectivity index (χ3n) is 4.36. The molecule has 2 aromatic carbocycles. The lowest BCUT2D eigenvalue weighted by Crippen LogP contribution is -2.47. The average molecular weight is 465 g/mol. The second-order valence-corrected chi connectivity index (χ2v) is 7.59. The fourth-order valence-electron chi connectivity index (χ4n) is 2.75. The van der Waals surface area contributed by atoms with Crippen LogP contribution in [-0.4, -0.2) is 43.5 Å². The van der Waals surface area contributed by atoms with E-state index in [2.05, 4.69) is 22.5 Å². The first kappa shape index (κ1) is 25.1. The number of ether oxygens (including phenoxy) is 1. The van der Waals surface area contributed by atoms with Crippen molar-refractivity contribution in [3.05, 3.63) is 65.2 Å². The fourth-order valence-corrected chi connectivity index (χ4v) is 3.22. The molecule has 0 bridgehead atoms. The van der Waals surface area contributed by atoms with Gasteiger partial charge in [0.15, 0.2) is 0 Å². The lowest BCUT2D eigenvalue weighted by molar-refractivity contribution is -0.137. The van der Waals surface area contributed by atoms with Crippen LogP contribution in [0.4, 0.5) is 13.2 Å². The van der Waals surface area contributed by atoms with Crippen molar-refractivity contribution in [2.75, 3.05) is 25.7 Å². The van der Waals surface area contributed by atoms with Crippen LogP contribution in [0.1, 0.15) is 27.9 Å². The van der Waals surface area contributed by atoms with Gasteiger partial charge in [-0.2, -0.15) is 24.9 Å². The van der Waals surface area contributed by atoms with Crippen LogP contribution in [0.3, 0.4) is 0 Å². The summed E-state index contributed by atoms with van der Waals surface area (Å²) in [6, 6.07) is 10.5. The molecule has 2 rings (SSSR count). The normalized spacial score (nSPS) is 11.7. The van der Waals surface area contributed by atoms with Crippen LogP contribution in [0, 0.1) is 11.8 Å². The smallest absolute Gasteiger partial charge is 0.416 e. The quantitative estimate of drug-likeness (QED) is 0.585. The lowest BCUT2D eigenvalue weighted by atomic mass is 10.1. The minimum absolute atomic E-state index is 0.0740. The van der Waals surface area contributed by atoms with Gasteiger partial charge in [0.25, 0.3) is 5.91 Å². The Labute approximate surface area is 189 Å². The van der Waals surface area contributed by atoms with E-state index in [1.165, 1.54) is 31.0 Å². The highest BCUT2D eigenvalue weighted by Gasteiger charge is 2.30. The topological polar surface area (TPSA) is 67.4 Å². The Hall–Kier alpha value is -3.12. The molecule has 0 aromatic heterocycles. The van der Waals surface area contributed by atoms with Gasteiger partial charge in [0.1, 0.15) is 11.8 Å². The van der Waals surface area contributed by atoms with Crippen LogP contribution in [0.2, 0.25) is 0 Å². The van der Waals surface area contributed by atoms with Crippen LogP contribution < -0.4 is 15.4 Å². The Balaban J connectivity index is 2.02. The monoisotopic (exact) mass is 464 g/mol. The summed E-state index contributed by atoms with van der Waals surface area (Å²) in [5.41, 5.74) is -0.289. The van der Waals surface area contributed by atoms with E-state index < -0.39 is 29.6 Å². The zero-order valence-corrected chi connectivity index (χ0v) is 18.4. The zero-order valence-electron chi connectivity index (χ0n) is 17.6. The molecule has 0 radical (unpaired) electrons. The maximum Gasteiger partial charge on any atom is 0.416 e. The van der Waals surface area contributed by atoms with Gasteiger partial charge in [0, 0.05) is 5.56 Å². The molecule has 170 valence electrons. The SMILES string of the molecule is COc1ccccc1C(=O)NC(CCSC)C(=O)NCC#Cc1cccc(C(F)(F)F)c1. The number of hydrogen-bond donors (Lipinski definition) is 2. The molecule has 5 nitrogen and oxygen atoms in total. The van der Waals surface area contributed by atoms with Gasteiger partial charge in [0.2, 0.25) is 5.91 Å². The molecular weight excluding hydrogens is 441 g/mol. The van der Waals surface area contributed by atoms with Crippen LogP contribution in [0.5, 0.6) is 5.75 Å². The van der Waals surface area contributed by atoms with Gasteiger partial charge < -0.3 is 15.4 Å². The van der Waals surface area contributed by atoms with Crippen molar-refractivity contribution in [3.8, 4) is 17.6 Å². The Kier molecular flexibility index (Phi) is 9.47. The maximum atomic E-state index is 12.8. The van der Waals surface area contributed by atoms with Crippen LogP contribution in [0.25, 0.3) is 0 Å². The highest BCUT2D eigenvalue weighted by molar-refractivity contribution is 7.98. The van der Waals surface area contributed by atoms with Crippen molar-refractivity contribution < 1.29 is 27.5 Å². The van der Waals surface area contributed by atoms with Gasteiger partial charge in [-0.25, -0.2) is 0 Å². The number of hydrogen-bond acceptors (Lipinski definition) is 4. The first-order chi connectivity index (χ1) is 15.3. The molecule has 2 amide bonds. The number of methoxy groups -OCH3 is 1. The largest absolute Gasteiger partial charge is 0.496 e. The van der Waals surface area contributed by atoms with Crippen molar-refractivity contribution in [1.82, 2.24) is 10.6 Å². The van der Waals surface area contributed by atoms with E-state index in [0.29, 0.717) is 23.5 Å².